The van der Waals surface area contributed by atoms with Crippen molar-refractivity contribution in [1.29, 1.82) is 0 Å². The van der Waals surface area contributed by atoms with Crippen molar-refractivity contribution in [1.82, 2.24) is 15.3 Å². The van der Waals surface area contributed by atoms with Crippen LogP contribution in [0, 0.1) is 11.6 Å². The minimum absolute atomic E-state index is 0.0197. The normalized spacial score (nSPS) is 11.0. The Balaban J connectivity index is 1.15. The number of Topliss-reactive ketones (excluding diaryl/α,β-unsaturated/α-hetero) is 2. The summed E-state index contributed by atoms with van der Waals surface area (Å²) in [7, 11) is 2.83. The van der Waals surface area contributed by atoms with E-state index >= 15 is 8.78 Å². The van der Waals surface area contributed by atoms with Crippen LogP contribution in [0.2, 0.25) is 0 Å². The molecule has 1 N–H and O–H groups in total. The summed E-state index contributed by atoms with van der Waals surface area (Å²) in [5, 5.41) is 13.5. The van der Waals surface area contributed by atoms with Gasteiger partial charge in [-0.25, -0.2) is 13.8 Å². The first-order valence-corrected chi connectivity index (χ1v) is 16.1. The van der Waals surface area contributed by atoms with E-state index in [0.717, 1.165) is 27.2 Å². The Morgan fingerprint density at radius 3 is 2.04 bits per heavy atom. The predicted molar refractivity (Wildman–Crippen MR) is 186 cm³/mol. The molecule has 50 heavy (non-hydrogen) atoms. The number of carbonyl (C=O) groups excluding carboxylic acids is 4. The molecule has 9 nitrogen and oxygen atoms in total. The van der Waals surface area contributed by atoms with Crippen LogP contribution < -0.4 is 5.32 Å². The molecule has 0 saturated heterocycles. The van der Waals surface area contributed by atoms with Crippen molar-refractivity contribution in [3.63, 3.8) is 0 Å². The summed E-state index contributed by atoms with van der Waals surface area (Å²) >= 11 is 0.901. The second-order valence-corrected chi connectivity index (χ2v) is 12.3. The standard InChI is InChI=1S/C38H28F2N4O5S/c1-21(45)27-16-17-32(29-7-5-4-6-28(27)29)41-36(47)24-12-8-22(9-13-24)26-18-30(39)35(31(40)19-26)37-43-42-34(50-37)20-33(46)23-10-14-25(15-11-23)38(48)44(2)49-3/h4-19H,20H2,1-3H3,(H,41,47). The second kappa shape index (κ2) is 14.2. The van der Waals surface area contributed by atoms with Gasteiger partial charge in [0.1, 0.15) is 16.6 Å². The van der Waals surface area contributed by atoms with Crippen molar-refractivity contribution in [2.24, 2.45) is 0 Å². The highest BCUT2D eigenvalue weighted by Crippen LogP contribution is 2.34. The second-order valence-electron chi connectivity index (χ2n) is 11.3. The molecule has 0 bridgehead atoms. The highest BCUT2D eigenvalue weighted by atomic mass is 32.1. The lowest BCUT2D eigenvalue weighted by Gasteiger charge is -2.13. The number of carbonyl (C=O) groups is 4. The van der Waals surface area contributed by atoms with Gasteiger partial charge in [-0.3, -0.25) is 24.0 Å². The van der Waals surface area contributed by atoms with Crippen LogP contribution in [0.5, 0.6) is 0 Å². The number of hydroxylamine groups is 2. The fourth-order valence-electron chi connectivity index (χ4n) is 5.40. The van der Waals surface area contributed by atoms with Gasteiger partial charge in [0.05, 0.1) is 19.1 Å². The first kappa shape index (κ1) is 33.9. The number of ketones is 2. The van der Waals surface area contributed by atoms with E-state index in [4.69, 9.17) is 4.84 Å². The molecule has 0 atom stereocenters. The number of hydrogen-bond acceptors (Lipinski definition) is 8. The summed E-state index contributed by atoms with van der Waals surface area (Å²) < 4.78 is 30.7. The maximum Gasteiger partial charge on any atom is 0.277 e. The fourth-order valence-corrected chi connectivity index (χ4v) is 6.28. The van der Waals surface area contributed by atoms with Gasteiger partial charge in [0.15, 0.2) is 16.6 Å². The molecule has 0 spiro atoms. The first-order chi connectivity index (χ1) is 24.0. The summed E-state index contributed by atoms with van der Waals surface area (Å²) in [6.07, 6.45) is -0.149. The van der Waals surface area contributed by atoms with Gasteiger partial charge in [-0.2, -0.15) is 0 Å². The van der Waals surface area contributed by atoms with Gasteiger partial charge in [-0.1, -0.05) is 59.9 Å². The lowest BCUT2D eigenvalue weighted by atomic mass is 10.00. The van der Waals surface area contributed by atoms with E-state index in [9.17, 15) is 19.2 Å². The summed E-state index contributed by atoms with van der Waals surface area (Å²) in [4.78, 5) is 55.1. The summed E-state index contributed by atoms with van der Waals surface area (Å²) in [6, 6.07) is 25.3. The zero-order valence-electron chi connectivity index (χ0n) is 27.0. The first-order valence-electron chi connectivity index (χ1n) is 15.3. The number of nitrogens with one attached hydrogen (secondary N) is 1. The molecular weight excluding hydrogens is 663 g/mol. The molecule has 0 aliphatic carbocycles. The minimum atomic E-state index is -0.863. The number of fused-ring (bicyclic) bond motifs is 1. The molecule has 6 rings (SSSR count). The molecule has 0 unspecified atom stereocenters. The van der Waals surface area contributed by atoms with E-state index in [0.29, 0.717) is 33.5 Å². The highest BCUT2D eigenvalue weighted by molar-refractivity contribution is 7.14. The zero-order valence-corrected chi connectivity index (χ0v) is 27.8. The number of halogens is 2. The lowest BCUT2D eigenvalue weighted by Crippen LogP contribution is -2.25. The number of amides is 2. The quantitative estimate of drug-likeness (QED) is 0.115. The van der Waals surface area contributed by atoms with Crippen molar-refractivity contribution < 1.29 is 32.8 Å². The predicted octanol–water partition coefficient (Wildman–Crippen LogP) is 7.82. The van der Waals surface area contributed by atoms with Gasteiger partial charge >= 0.3 is 0 Å². The van der Waals surface area contributed by atoms with E-state index in [2.05, 4.69) is 15.5 Å². The number of hydrogen-bond donors (Lipinski definition) is 1. The van der Waals surface area contributed by atoms with Crippen LogP contribution in [-0.2, 0) is 11.3 Å². The molecule has 2 amide bonds. The Morgan fingerprint density at radius 2 is 1.40 bits per heavy atom. The Labute approximate surface area is 289 Å². The van der Waals surface area contributed by atoms with Gasteiger partial charge in [0, 0.05) is 40.4 Å². The SMILES string of the molecule is CON(C)C(=O)c1ccc(C(=O)Cc2nnc(-c3c(F)cc(-c4ccc(C(=O)Nc5ccc(C(C)=O)c6ccccc56)cc4)cc3F)s2)cc1. The molecule has 0 fully saturated rings. The van der Waals surface area contributed by atoms with Crippen molar-refractivity contribution in [2.45, 2.75) is 13.3 Å². The van der Waals surface area contributed by atoms with Crippen LogP contribution in [0.3, 0.4) is 0 Å². The third-order valence-corrected chi connectivity index (χ3v) is 9.02. The van der Waals surface area contributed by atoms with E-state index in [1.54, 1.807) is 36.4 Å². The molecule has 0 aliphatic heterocycles. The van der Waals surface area contributed by atoms with Gasteiger partial charge in [-0.15, -0.1) is 10.2 Å². The zero-order chi connectivity index (χ0) is 35.5. The molecule has 1 heterocycles. The van der Waals surface area contributed by atoms with Gasteiger partial charge in [0.2, 0.25) is 0 Å². The van der Waals surface area contributed by atoms with E-state index in [-0.39, 0.29) is 45.0 Å². The van der Waals surface area contributed by atoms with Crippen molar-refractivity contribution in [3.8, 4) is 21.7 Å². The number of rotatable bonds is 10. The Morgan fingerprint density at radius 1 is 0.780 bits per heavy atom. The van der Waals surface area contributed by atoms with Gasteiger partial charge in [0.25, 0.3) is 11.8 Å². The molecule has 1 aromatic heterocycles. The molecule has 6 aromatic rings. The van der Waals surface area contributed by atoms with Gasteiger partial charge < -0.3 is 5.32 Å². The van der Waals surface area contributed by atoms with E-state index in [1.165, 1.54) is 57.5 Å². The van der Waals surface area contributed by atoms with Crippen LogP contribution in [-0.4, -0.2) is 52.8 Å². The number of anilines is 1. The van der Waals surface area contributed by atoms with E-state index < -0.39 is 17.5 Å². The molecular formula is C38H28F2N4O5S. The van der Waals surface area contributed by atoms with Crippen LogP contribution in [0.15, 0.2) is 97.1 Å². The third-order valence-electron chi connectivity index (χ3n) is 8.08. The Bertz CT molecular complexity index is 2270. The Kier molecular flexibility index (Phi) is 9.66. The van der Waals surface area contributed by atoms with Gasteiger partial charge in [-0.05, 0) is 72.0 Å². The molecule has 0 radical (unpaired) electrons. The number of nitrogens with zero attached hydrogens (tertiary/aromatic N) is 3. The van der Waals surface area contributed by atoms with Crippen molar-refractivity contribution >= 4 is 51.2 Å². The average Bonchev–Trinajstić information content (AvgIpc) is 3.58. The maximum absolute atomic E-state index is 15.4. The van der Waals surface area contributed by atoms with Crippen LogP contribution in [0.25, 0.3) is 32.5 Å². The highest BCUT2D eigenvalue weighted by Gasteiger charge is 2.21. The average molecular weight is 691 g/mol. The number of aromatic nitrogens is 2. The summed E-state index contributed by atoms with van der Waals surface area (Å²) in [6.45, 7) is 1.49. The van der Waals surface area contributed by atoms with Crippen LogP contribution in [0.4, 0.5) is 14.5 Å². The molecule has 5 aromatic carbocycles. The third kappa shape index (κ3) is 6.93. The van der Waals surface area contributed by atoms with E-state index in [1.807, 2.05) is 24.3 Å². The molecule has 0 aliphatic rings. The molecule has 12 heteroatoms. The number of benzene rings is 5. The summed E-state index contributed by atoms with van der Waals surface area (Å²) in [5.74, 6) is -2.88. The lowest BCUT2D eigenvalue weighted by molar-refractivity contribution is -0.0757. The minimum Gasteiger partial charge on any atom is -0.321 e. The molecule has 250 valence electrons. The Hall–Kier alpha value is -5.98. The maximum atomic E-state index is 15.4. The summed E-state index contributed by atoms with van der Waals surface area (Å²) in [5.41, 5.74) is 2.46. The topological polar surface area (TPSA) is 119 Å². The largest absolute Gasteiger partial charge is 0.321 e. The van der Waals surface area contributed by atoms with Crippen molar-refractivity contribution in [2.75, 3.05) is 19.5 Å². The monoisotopic (exact) mass is 690 g/mol. The fraction of sp³-hybridized carbons (Fsp3) is 0.105. The van der Waals surface area contributed by atoms with Crippen molar-refractivity contribution in [3.05, 3.63) is 136 Å². The smallest absolute Gasteiger partial charge is 0.277 e. The van der Waals surface area contributed by atoms with Crippen LogP contribution >= 0.6 is 11.3 Å². The van der Waals surface area contributed by atoms with Crippen LogP contribution in [0.1, 0.15) is 53.4 Å². The molecule has 0 saturated carbocycles.